The summed E-state index contributed by atoms with van der Waals surface area (Å²) < 4.78 is 2.47. The highest BCUT2D eigenvalue weighted by Crippen LogP contribution is 2.41. The topological polar surface area (TPSA) is 87.1 Å². The maximum absolute atomic E-state index is 13.8. The summed E-state index contributed by atoms with van der Waals surface area (Å²) in [6.45, 7) is 1.95. The summed E-state index contributed by atoms with van der Waals surface area (Å²) in [5, 5.41) is 16.1. The fourth-order valence-electron chi connectivity index (χ4n) is 5.03. The van der Waals surface area contributed by atoms with E-state index >= 15 is 0 Å². The summed E-state index contributed by atoms with van der Waals surface area (Å²) in [6.07, 6.45) is 0.568. The predicted octanol–water partition coefficient (Wildman–Crippen LogP) is 5.35. The molecule has 0 aliphatic heterocycles. The Bertz CT molecular complexity index is 1670. The van der Waals surface area contributed by atoms with Gasteiger partial charge in [-0.15, -0.1) is 0 Å². The molecule has 0 saturated carbocycles. The molecule has 0 fully saturated rings. The van der Waals surface area contributed by atoms with Crippen molar-refractivity contribution in [3.63, 3.8) is 0 Å². The maximum Gasteiger partial charge on any atom is 0.258 e. The summed E-state index contributed by atoms with van der Waals surface area (Å²) in [6, 6.07) is 23.1. The fourth-order valence-corrected chi connectivity index (χ4v) is 5.44. The van der Waals surface area contributed by atoms with Gasteiger partial charge >= 0.3 is 0 Å². The van der Waals surface area contributed by atoms with Crippen LogP contribution in [0, 0.1) is 0 Å². The molecule has 36 heavy (non-hydrogen) atoms. The van der Waals surface area contributed by atoms with Gasteiger partial charge in [0.2, 0.25) is 5.91 Å². The van der Waals surface area contributed by atoms with Crippen LogP contribution in [0.2, 0.25) is 0 Å². The molecule has 3 aromatic carbocycles. The predicted molar refractivity (Wildman–Crippen MR) is 147 cm³/mol. The summed E-state index contributed by atoms with van der Waals surface area (Å²) in [5.41, 5.74) is 4.33. The van der Waals surface area contributed by atoms with Crippen LogP contribution >= 0.6 is 15.9 Å². The first-order chi connectivity index (χ1) is 17.4. The third-order valence-electron chi connectivity index (χ3n) is 6.67. The van der Waals surface area contributed by atoms with Gasteiger partial charge in [0, 0.05) is 47.0 Å². The number of aromatic nitrogens is 2. The molecule has 0 saturated heterocycles. The number of fused-ring (bicyclic) bond motifs is 2. The molecule has 2 heterocycles. The summed E-state index contributed by atoms with van der Waals surface area (Å²) in [4.78, 5) is 29.0. The van der Waals surface area contributed by atoms with E-state index in [2.05, 4.69) is 26.2 Å². The maximum atomic E-state index is 13.8. The average molecular weight is 544 g/mol. The van der Waals surface area contributed by atoms with Crippen molar-refractivity contribution in [2.75, 3.05) is 6.54 Å². The lowest BCUT2D eigenvalue weighted by Gasteiger charge is -2.22. The Kier molecular flexibility index (Phi) is 6.41. The van der Waals surface area contributed by atoms with Crippen LogP contribution in [0.1, 0.15) is 35.2 Å². The number of nitrogens with one attached hydrogen (secondary N) is 2. The van der Waals surface area contributed by atoms with Gasteiger partial charge in [-0.2, -0.15) is 0 Å². The van der Waals surface area contributed by atoms with E-state index in [1.165, 1.54) is 6.92 Å². The quantitative estimate of drug-likeness (QED) is 0.270. The van der Waals surface area contributed by atoms with Crippen LogP contribution in [0.5, 0.6) is 5.75 Å². The van der Waals surface area contributed by atoms with E-state index in [0.717, 1.165) is 32.2 Å². The van der Waals surface area contributed by atoms with Crippen molar-refractivity contribution < 1.29 is 9.90 Å². The minimum atomic E-state index is -0.564. The van der Waals surface area contributed by atoms with E-state index < -0.39 is 5.92 Å². The largest absolute Gasteiger partial charge is 0.507 e. The zero-order valence-corrected chi connectivity index (χ0v) is 21.6. The number of nitrogens with zero attached hydrogens (tertiary/aromatic N) is 1. The molecule has 5 rings (SSSR count). The molecule has 5 aromatic rings. The number of benzene rings is 3. The second-order valence-electron chi connectivity index (χ2n) is 8.93. The molecule has 3 N–H and O–H groups in total. The van der Waals surface area contributed by atoms with Gasteiger partial charge in [0.1, 0.15) is 5.75 Å². The first-order valence-electron chi connectivity index (χ1n) is 11.8. The molecule has 1 atom stereocenters. The van der Waals surface area contributed by atoms with Gasteiger partial charge in [0.25, 0.3) is 5.56 Å². The number of hydrogen-bond acceptors (Lipinski definition) is 3. The molecule has 1 unspecified atom stereocenters. The molecular weight excluding hydrogens is 518 g/mol. The van der Waals surface area contributed by atoms with Crippen LogP contribution < -0.4 is 10.9 Å². The van der Waals surface area contributed by atoms with Crippen molar-refractivity contribution in [2.24, 2.45) is 7.05 Å². The SMILES string of the molecule is CC(=O)NCCc1c(C(c2cccc(Br)c2)c2c(O)c3ccccc3n(C)c2=O)[nH]c2ccccc12. The van der Waals surface area contributed by atoms with E-state index in [1.54, 1.807) is 11.6 Å². The molecule has 7 heteroatoms. The van der Waals surface area contributed by atoms with Gasteiger partial charge in [0.15, 0.2) is 0 Å². The molecular formula is C29H26BrN3O3. The zero-order chi connectivity index (χ0) is 25.4. The van der Waals surface area contributed by atoms with Crippen molar-refractivity contribution in [1.82, 2.24) is 14.9 Å². The standard InChI is InChI=1S/C29H26BrN3O3/c1-17(34)31-15-14-21-20-10-3-5-12-23(20)32-27(21)25(18-8-7-9-19(30)16-18)26-28(35)22-11-4-6-13-24(22)33(2)29(26)36/h3-13,16,25,32,35H,14-15H2,1-2H3,(H,31,34). The van der Waals surface area contributed by atoms with Crippen LogP contribution in [-0.4, -0.2) is 27.1 Å². The lowest BCUT2D eigenvalue weighted by Crippen LogP contribution is -2.26. The lowest BCUT2D eigenvalue weighted by molar-refractivity contribution is -0.118. The number of aromatic amines is 1. The lowest BCUT2D eigenvalue weighted by atomic mass is 9.85. The summed E-state index contributed by atoms with van der Waals surface area (Å²) in [5.74, 6) is -0.684. The zero-order valence-electron chi connectivity index (χ0n) is 20.0. The number of aryl methyl sites for hydroxylation is 1. The van der Waals surface area contributed by atoms with Crippen LogP contribution in [0.25, 0.3) is 21.8 Å². The summed E-state index contributed by atoms with van der Waals surface area (Å²) in [7, 11) is 1.73. The van der Waals surface area contributed by atoms with Crippen LogP contribution in [0.3, 0.4) is 0 Å². The fraction of sp³-hybridized carbons (Fsp3) is 0.172. The van der Waals surface area contributed by atoms with Crippen LogP contribution in [0.4, 0.5) is 0 Å². The minimum absolute atomic E-state index is 0.0230. The second kappa shape index (κ2) is 9.66. The van der Waals surface area contributed by atoms with Gasteiger partial charge in [0.05, 0.1) is 17.0 Å². The number of hydrogen-bond donors (Lipinski definition) is 3. The van der Waals surface area contributed by atoms with Crippen LogP contribution in [0.15, 0.2) is 82.1 Å². The Labute approximate surface area is 216 Å². The van der Waals surface area contributed by atoms with Crippen molar-refractivity contribution in [3.8, 4) is 5.75 Å². The first-order valence-corrected chi connectivity index (χ1v) is 12.6. The Morgan fingerprint density at radius 3 is 2.53 bits per heavy atom. The van der Waals surface area contributed by atoms with Crippen molar-refractivity contribution in [2.45, 2.75) is 19.3 Å². The molecule has 2 aromatic heterocycles. The molecule has 0 bridgehead atoms. The molecule has 0 spiro atoms. The number of carbonyl (C=O) groups is 1. The summed E-state index contributed by atoms with van der Waals surface area (Å²) >= 11 is 3.57. The Balaban J connectivity index is 1.83. The number of amides is 1. The smallest absolute Gasteiger partial charge is 0.258 e. The van der Waals surface area contributed by atoms with E-state index in [4.69, 9.17) is 0 Å². The van der Waals surface area contributed by atoms with Crippen molar-refractivity contribution in [1.29, 1.82) is 0 Å². The number of pyridine rings is 1. The van der Waals surface area contributed by atoms with Gasteiger partial charge in [-0.3, -0.25) is 9.59 Å². The van der Waals surface area contributed by atoms with Crippen molar-refractivity contribution in [3.05, 3.63) is 110 Å². The Morgan fingerprint density at radius 1 is 1.06 bits per heavy atom. The Hall–Kier alpha value is -3.84. The monoisotopic (exact) mass is 543 g/mol. The normalized spacial score (nSPS) is 12.2. The molecule has 6 nitrogen and oxygen atoms in total. The van der Waals surface area contributed by atoms with E-state index in [1.807, 2.05) is 72.8 Å². The van der Waals surface area contributed by atoms with Gasteiger partial charge in [-0.25, -0.2) is 0 Å². The average Bonchev–Trinajstić information content (AvgIpc) is 3.23. The third-order valence-corrected chi connectivity index (χ3v) is 7.16. The highest BCUT2D eigenvalue weighted by Gasteiger charge is 2.30. The number of aromatic hydroxyl groups is 1. The van der Waals surface area contributed by atoms with E-state index in [0.29, 0.717) is 29.4 Å². The number of halogens is 1. The molecule has 0 aliphatic carbocycles. The molecule has 0 aliphatic rings. The third kappa shape index (κ3) is 4.20. The Morgan fingerprint density at radius 2 is 1.78 bits per heavy atom. The van der Waals surface area contributed by atoms with Gasteiger partial charge < -0.3 is 20.0 Å². The number of para-hydroxylation sites is 2. The first kappa shape index (κ1) is 23.9. The molecule has 1 amide bonds. The van der Waals surface area contributed by atoms with E-state index in [-0.39, 0.29) is 17.2 Å². The van der Waals surface area contributed by atoms with Gasteiger partial charge in [-0.1, -0.05) is 58.4 Å². The number of H-pyrrole nitrogens is 1. The second-order valence-corrected chi connectivity index (χ2v) is 9.84. The minimum Gasteiger partial charge on any atom is -0.507 e. The van der Waals surface area contributed by atoms with E-state index in [9.17, 15) is 14.7 Å². The number of rotatable bonds is 6. The highest BCUT2D eigenvalue weighted by molar-refractivity contribution is 9.10. The number of carbonyl (C=O) groups excluding carboxylic acids is 1. The van der Waals surface area contributed by atoms with Crippen LogP contribution in [-0.2, 0) is 18.3 Å². The molecule has 182 valence electrons. The van der Waals surface area contributed by atoms with Gasteiger partial charge in [-0.05, 0) is 47.9 Å². The molecule has 0 radical (unpaired) electrons. The highest BCUT2D eigenvalue weighted by atomic mass is 79.9. The van der Waals surface area contributed by atoms with Crippen molar-refractivity contribution >= 4 is 43.6 Å².